The molecule has 1 aromatic carbocycles. The average molecular weight is 527 g/mol. The molecule has 0 atom stereocenters. The lowest BCUT2D eigenvalue weighted by Gasteiger charge is -2.28. The second-order valence-electron chi connectivity index (χ2n) is 9.10. The molecule has 14 heteroatoms. The summed E-state index contributed by atoms with van der Waals surface area (Å²) in [5.74, 6) is -0.382. The minimum atomic E-state index is -4.35. The summed E-state index contributed by atoms with van der Waals surface area (Å²) in [5.41, 5.74) is 0.507. The molecule has 0 radical (unpaired) electrons. The molecule has 0 bridgehead atoms. The van der Waals surface area contributed by atoms with E-state index in [9.17, 15) is 23.3 Å². The van der Waals surface area contributed by atoms with Crippen molar-refractivity contribution >= 4 is 33.6 Å². The molecule has 4 rings (SSSR count). The number of benzene rings is 1. The van der Waals surface area contributed by atoms with Gasteiger partial charge in [-0.15, -0.1) is 10.2 Å². The first-order chi connectivity index (χ1) is 17.5. The molecule has 194 valence electrons. The first-order valence-electron chi connectivity index (χ1n) is 11.5. The van der Waals surface area contributed by atoms with E-state index in [0.717, 1.165) is 10.4 Å². The van der Waals surface area contributed by atoms with Gasteiger partial charge in [0.1, 0.15) is 11.4 Å². The summed E-state index contributed by atoms with van der Waals surface area (Å²) in [7, 11) is -4.35. The topological polar surface area (TPSA) is 159 Å². The summed E-state index contributed by atoms with van der Waals surface area (Å²) in [6.45, 7) is 7.09. The number of hydrogen-bond acceptors (Lipinski definition) is 9. The largest absolute Gasteiger partial charge is 0.289 e. The highest BCUT2D eigenvalue weighted by Crippen LogP contribution is 2.31. The van der Waals surface area contributed by atoms with Gasteiger partial charge in [0.2, 0.25) is 0 Å². The number of nitro groups is 1. The van der Waals surface area contributed by atoms with Crippen LogP contribution in [0.3, 0.4) is 0 Å². The Morgan fingerprint density at radius 1 is 0.919 bits per heavy atom. The van der Waals surface area contributed by atoms with Crippen LogP contribution in [0.1, 0.15) is 51.2 Å². The summed E-state index contributed by atoms with van der Waals surface area (Å²) in [6.07, 6.45) is 6.26. The Kier molecular flexibility index (Phi) is 7.14. The van der Waals surface area contributed by atoms with Crippen LogP contribution in [-0.4, -0.2) is 66.5 Å². The molecule has 0 aliphatic carbocycles. The van der Waals surface area contributed by atoms with Crippen LogP contribution in [0.5, 0.6) is 0 Å². The maximum Gasteiger partial charge on any atom is 0.289 e. The van der Waals surface area contributed by atoms with Crippen LogP contribution < -0.4 is 0 Å². The number of ketones is 1. The van der Waals surface area contributed by atoms with Gasteiger partial charge in [0.15, 0.2) is 10.7 Å². The van der Waals surface area contributed by atoms with Gasteiger partial charge >= 0.3 is 0 Å². The molecule has 1 saturated heterocycles. The highest BCUT2D eigenvalue weighted by molar-refractivity contribution is 7.89. The Morgan fingerprint density at radius 2 is 1.41 bits per heavy atom. The second-order valence-corrected chi connectivity index (χ2v) is 11.0. The number of hydrogen-bond donors (Lipinski definition) is 0. The number of nitrogens with zero attached hydrogens (tertiary/aromatic N) is 8. The van der Waals surface area contributed by atoms with Gasteiger partial charge in [-0.2, -0.15) is 4.31 Å². The first kappa shape index (κ1) is 26.0. The molecule has 0 spiro atoms. The fourth-order valence-corrected chi connectivity index (χ4v) is 5.27. The molecule has 0 unspecified atom stereocenters. The van der Waals surface area contributed by atoms with E-state index in [1.165, 1.54) is 30.4 Å². The van der Waals surface area contributed by atoms with Crippen LogP contribution in [0.4, 0.5) is 5.69 Å². The van der Waals surface area contributed by atoms with E-state index in [1.54, 1.807) is 21.8 Å². The van der Waals surface area contributed by atoms with Crippen LogP contribution in [0.2, 0.25) is 0 Å². The number of Topliss-reactive ketones (excluding diaryl/α,β-unsaturated/α-hetero) is 1. The number of para-hydroxylation sites is 1. The van der Waals surface area contributed by atoms with Crippen molar-refractivity contribution in [1.29, 1.82) is 0 Å². The van der Waals surface area contributed by atoms with E-state index in [-0.39, 0.29) is 42.1 Å². The van der Waals surface area contributed by atoms with Crippen molar-refractivity contribution in [3.63, 3.8) is 0 Å². The lowest BCUT2D eigenvalue weighted by molar-refractivity contribution is -0.387. The lowest BCUT2D eigenvalue weighted by Crippen LogP contribution is -2.41. The van der Waals surface area contributed by atoms with Crippen molar-refractivity contribution in [2.45, 2.75) is 44.7 Å². The molecule has 0 saturated carbocycles. The minimum absolute atomic E-state index is 0.0382. The van der Waals surface area contributed by atoms with Gasteiger partial charge in [-0.25, -0.2) is 17.8 Å². The van der Waals surface area contributed by atoms with Crippen molar-refractivity contribution in [1.82, 2.24) is 34.3 Å². The van der Waals surface area contributed by atoms with Gasteiger partial charge in [-0.3, -0.25) is 14.9 Å². The Balaban J connectivity index is 1.80. The molecular weight excluding hydrogens is 500 g/mol. The number of aromatic nitrogens is 6. The maximum atomic E-state index is 13.6. The molecule has 3 aromatic rings. The van der Waals surface area contributed by atoms with Crippen molar-refractivity contribution < 1.29 is 18.1 Å². The first-order valence-corrected chi connectivity index (χ1v) is 12.9. The van der Waals surface area contributed by atoms with Crippen LogP contribution in [-0.2, 0) is 14.8 Å². The number of carbonyl (C=O) groups excluding carboxylic acids is 1. The molecule has 1 fully saturated rings. The molecule has 0 amide bonds. The summed E-state index contributed by atoms with van der Waals surface area (Å²) in [5, 5.41) is 27.7. The predicted octanol–water partition coefficient (Wildman–Crippen LogP) is 2.68. The number of nitro benzene ring substituents is 1. The van der Waals surface area contributed by atoms with E-state index in [4.69, 9.17) is 0 Å². The van der Waals surface area contributed by atoms with Crippen molar-refractivity contribution in [3.05, 3.63) is 69.3 Å². The van der Waals surface area contributed by atoms with Gasteiger partial charge in [-0.1, -0.05) is 22.6 Å². The third-order valence-corrected chi connectivity index (χ3v) is 7.55. The third kappa shape index (κ3) is 5.39. The Bertz CT molecular complexity index is 1450. The van der Waals surface area contributed by atoms with Crippen molar-refractivity contribution in [2.24, 2.45) is 0 Å². The van der Waals surface area contributed by atoms with Gasteiger partial charge in [0.05, 0.1) is 17.3 Å². The van der Waals surface area contributed by atoms with Crippen LogP contribution in [0.15, 0.2) is 52.7 Å². The summed E-state index contributed by atoms with van der Waals surface area (Å²) in [4.78, 5) is 23.8. The van der Waals surface area contributed by atoms with E-state index < -0.39 is 25.5 Å². The van der Waals surface area contributed by atoms with Crippen molar-refractivity contribution in [2.75, 3.05) is 13.1 Å². The molecule has 13 nitrogen and oxygen atoms in total. The summed E-state index contributed by atoms with van der Waals surface area (Å²) in [6, 6.07) is 5.19. The fourth-order valence-electron chi connectivity index (χ4n) is 3.72. The SMILES string of the molecule is CC(C)n1cc(C=C2CN(S(=O)(=O)c3ccccc3[N+](=O)[O-])CC(=Cc3cn(C(C)C)nn3)C2=O)nn1. The third-order valence-electron chi connectivity index (χ3n) is 5.71. The monoisotopic (exact) mass is 526 g/mol. The average Bonchev–Trinajstić information content (AvgIpc) is 3.51. The minimum Gasteiger partial charge on any atom is -0.289 e. The van der Waals surface area contributed by atoms with E-state index in [2.05, 4.69) is 20.6 Å². The van der Waals surface area contributed by atoms with Crippen LogP contribution >= 0.6 is 0 Å². The zero-order chi connectivity index (χ0) is 26.9. The molecule has 0 N–H and O–H groups in total. The Hall–Kier alpha value is -4.04. The smallest absolute Gasteiger partial charge is 0.289 e. The zero-order valence-corrected chi connectivity index (χ0v) is 21.5. The van der Waals surface area contributed by atoms with E-state index in [1.807, 2.05) is 27.7 Å². The standard InChI is InChI=1S/C23H26N8O5S/c1-15(2)29-13-19(24-26-29)9-17-11-28(37(35,36)22-8-6-5-7-21(22)31(33)34)12-18(23(17)32)10-20-14-30(16(3)4)27-25-20/h5-10,13-16H,11-12H2,1-4H3. The zero-order valence-electron chi connectivity index (χ0n) is 20.7. The molecule has 2 aromatic heterocycles. The highest BCUT2D eigenvalue weighted by Gasteiger charge is 2.37. The molecule has 1 aliphatic heterocycles. The molecule has 37 heavy (non-hydrogen) atoms. The van der Waals surface area contributed by atoms with Gasteiger partial charge in [0, 0.05) is 42.4 Å². The Labute approximate surface area is 213 Å². The van der Waals surface area contributed by atoms with Gasteiger partial charge in [-0.05, 0) is 45.9 Å². The fraction of sp³-hybridized carbons (Fsp3) is 0.348. The van der Waals surface area contributed by atoms with Crippen LogP contribution in [0.25, 0.3) is 12.2 Å². The number of rotatable bonds is 7. The summed E-state index contributed by atoms with van der Waals surface area (Å²) < 4.78 is 31.5. The summed E-state index contributed by atoms with van der Waals surface area (Å²) >= 11 is 0. The quantitative estimate of drug-likeness (QED) is 0.256. The van der Waals surface area contributed by atoms with Gasteiger partial charge < -0.3 is 0 Å². The number of carbonyl (C=O) groups is 1. The normalized spacial score (nSPS) is 17.4. The molecule has 1 aliphatic rings. The number of piperidine rings is 1. The second kappa shape index (κ2) is 10.1. The van der Waals surface area contributed by atoms with Crippen molar-refractivity contribution in [3.8, 4) is 0 Å². The maximum absolute atomic E-state index is 13.6. The Morgan fingerprint density at radius 3 is 1.84 bits per heavy atom. The lowest BCUT2D eigenvalue weighted by atomic mass is 9.97. The van der Waals surface area contributed by atoms with E-state index in [0.29, 0.717) is 11.4 Å². The van der Waals surface area contributed by atoms with E-state index >= 15 is 0 Å². The molecule has 3 heterocycles. The van der Waals surface area contributed by atoms with Crippen LogP contribution in [0, 0.1) is 10.1 Å². The highest BCUT2D eigenvalue weighted by atomic mass is 32.2. The molecular formula is C23H26N8O5S. The number of sulfonamides is 1. The van der Waals surface area contributed by atoms with Gasteiger partial charge in [0.25, 0.3) is 15.7 Å². The predicted molar refractivity (Wildman–Crippen MR) is 134 cm³/mol.